The Labute approximate surface area is 104 Å². The number of halogens is 5. The van der Waals surface area contributed by atoms with Crippen LogP contribution in [0, 0.1) is 11.6 Å². The molecule has 1 aromatic carbocycles. The van der Waals surface area contributed by atoms with Crippen molar-refractivity contribution < 1.29 is 31.9 Å². The van der Waals surface area contributed by atoms with Gasteiger partial charge in [0.05, 0.1) is 0 Å². The monoisotopic (exact) mass is 283 g/mol. The molecule has 0 aromatic heterocycles. The van der Waals surface area contributed by atoms with Gasteiger partial charge in [-0.05, 0) is 30.5 Å². The van der Waals surface area contributed by atoms with Crippen LogP contribution < -0.4 is 5.73 Å². The van der Waals surface area contributed by atoms with Gasteiger partial charge in [0.1, 0.15) is 23.2 Å². The SMILES string of the molecule is N[C@H](CCc1cc(F)c(C(F)(F)F)c(F)c1)C(=O)O. The van der Waals surface area contributed by atoms with Crippen molar-refractivity contribution >= 4 is 5.97 Å². The van der Waals surface area contributed by atoms with Crippen LogP contribution in [0.25, 0.3) is 0 Å². The summed E-state index contributed by atoms with van der Waals surface area (Å²) < 4.78 is 63.2. The molecule has 0 saturated carbocycles. The number of carboxylic acids is 1. The van der Waals surface area contributed by atoms with Crippen molar-refractivity contribution in [2.45, 2.75) is 25.1 Å². The van der Waals surface area contributed by atoms with Gasteiger partial charge < -0.3 is 10.8 Å². The molecule has 0 aliphatic carbocycles. The second-order valence-electron chi connectivity index (χ2n) is 3.92. The molecule has 3 N–H and O–H groups in total. The first kappa shape index (κ1) is 15.4. The number of benzene rings is 1. The molecule has 19 heavy (non-hydrogen) atoms. The second kappa shape index (κ2) is 5.52. The van der Waals surface area contributed by atoms with E-state index in [2.05, 4.69) is 0 Å². The van der Waals surface area contributed by atoms with Crippen molar-refractivity contribution in [1.82, 2.24) is 0 Å². The lowest BCUT2D eigenvalue weighted by molar-refractivity contribution is -0.142. The van der Waals surface area contributed by atoms with Crippen LogP contribution in [0.5, 0.6) is 0 Å². The molecule has 1 rings (SSSR count). The van der Waals surface area contributed by atoms with Crippen molar-refractivity contribution in [1.29, 1.82) is 0 Å². The van der Waals surface area contributed by atoms with Crippen LogP contribution in [-0.2, 0) is 17.4 Å². The Kier molecular flexibility index (Phi) is 4.46. The maximum Gasteiger partial charge on any atom is 0.422 e. The first-order valence-electron chi connectivity index (χ1n) is 5.16. The number of aliphatic carboxylic acids is 1. The molecule has 0 fully saturated rings. The summed E-state index contributed by atoms with van der Waals surface area (Å²) in [6.07, 6.45) is -5.40. The fourth-order valence-corrected chi connectivity index (χ4v) is 1.49. The van der Waals surface area contributed by atoms with E-state index in [0.29, 0.717) is 12.1 Å². The summed E-state index contributed by atoms with van der Waals surface area (Å²) in [6.45, 7) is 0. The van der Waals surface area contributed by atoms with Crippen molar-refractivity contribution in [3.05, 3.63) is 34.9 Å². The average molecular weight is 283 g/mol. The number of rotatable bonds is 4. The molecule has 0 radical (unpaired) electrons. The standard InChI is InChI=1S/C11H10F5NO2/c12-6-3-5(1-2-8(17)10(18)19)4-7(13)9(6)11(14,15)16/h3-4,8H,1-2,17H2,(H,18,19)/t8-/m1/s1. The summed E-state index contributed by atoms with van der Waals surface area (Å²) >= 11 is 0. The van der Waals surface area contributed by atoms with Crippen LogP contribution in [-0.4, -0.2) is 17.1 Å². The third-order valence-electron chi connectivity index (χ3n) is 2.45. The molecule has 0 aliphatic rings. The summed E-state index contributed by atoms with van der Waals surface area (Å²) in [7, 11) is 0. The molecule has 1 aromatic rings. The topological polar surface area (TPSA) is 63.3 Å². The third kappa shape index (κ3) is 3.88. The summed E-state index contributed by atoms with van der Waals surface area (Å²) in [6, 6.07) is -0.186. The van der Waals surface area contributed by atoms with E-state index in [1.54, 1.807) is 0 Å². The molecular formula is C11H10F5NO2. The number of carboxylic acid groups (broad SMARTS) is 1. The number of aryl methyl sites for hydroxylation is 1. The molecule has 0 bridgehead atoms. The van der Waals surface area contributed by atoms with Crippen molar-refractivity contribution in [2.24, 2.45) is 5.73 Å². The summed E-state index contributed by atoms with van der Waals surface area (Å²) in [5.41, 5.74) is 3.13. The molecule has 0 heterocycles. The first-order valence-corrected chi connectivity index (χ1v) is 5.16. The Balaban J connectivity index is 2.93. The van der Waals surface area contributed by atoms with Crippen molar-refractivity contribution in [2.75, 3.05) is 0 Å². The maximum atomic E-state index is 13.2. The molecule has 106 valence electrons. The van der Waals surface area contributed by atoms with E-state index in [-0.39, 0.29) is 18.4 Å². The number of alkyl halides is 3. The van der Waals surface area contributed by atoms with Crippen molar-refractivity contribution in [3.8, 4) is 0 Å². The fraction of sp³-hybridized carbons (Fsp3) is 0.364. The summed E-state index contributed by atoms with van der Waals surface area (Å²) in [5.74, 6) is -4.76. The van der Waals surface area contributed by atoms with Crippen LogP contribution in [0.4, 0.5) is 22.0 Å². The van der Waals surface area contributed by atoms with Gasteiger partial charge in [0.15, 0.2) is 0 Å². The van der Waals surface area contributed by atoms with Gasteiger partial charge in [0, 0.05) is 0 Å². The molecule has 0 aliphatic heterocycles. The molecule has 0 unspecified atom stereocenters. The Bertz CT molecular complexity index is 463. The zero-order chi connectivity index (χ0) is 14.8. The average Bonchev–Trinajstić information content (AvgIpc) is 2.22. The molecule has 0 saturated heterocycles. The van der Waals surface area contributed by atoms with Crippen LogP contribution >= 0.6 is 0 Å². The Morgan fingerprint density at radius 1 is 1.26 bits per heavy atom. The number of nitrogens with two attached hydrogens (primary N) is 1. The van der Waals surface area contributed by atoms with Gasteiger partial charge in [0.25, 0.3) is 0 Å². The van der Waals surface area contributed by atoms with Crippen LogP contribution in [0.1, 0.15) is 17.5 Å². The van der Waals surface area contributed by atoms with E-state index in [0.717, 1.165) is 0 Å². The smallest absolute Gasteiger partial charge is 0.422 e. The van der Waals surface area contributed by atoms with E-state index in [1.807, 2.05) is 0 Å². The number of hydrogen-bond donors (Lipinski definition) is 2. The Morgan fingerprint density at radius 3 is 2.11 bits per heavy atom. The lowest BCUT2D eigenvalue weighted by atomic mass is 10.0. The van der Waals surface area contributed by atoms with Crippen molar-refractivity contribution in [3.63, 3.8) is 0 Å². The summed E-state index contributed by atoms with van der Waals surface area (Å²) in [5, 5.41) is 8.50. The number of carbonyl (C=O) groups is 1. The van der Waals surface area contributed by atoms with Gasteiger partial charge in [-0.2, -0.15) is 13.2 Å². The molecule has 8 heteroatoms. The largest absolute Gasteiger partial charge is 0.480 e. The van der Waals surface area contributed by atoms with E-state index in [4.69, 9.17) is 10.8 Å². The minimum atomic E-state index is -5.12. The predicted molar refractivity (Wildman–Crippen MR) is 55.3 cm³/mol. The first-order chi connectivity index (χ1) is 8.62. The Hall–Kier alpha value is -1.70. The quantitative estimate of drug-likeness (QED) is 0.834. The highest BCUT2D eigenvalue weighted by Crippen LogP contribution is 2.34. The second-order valence-corrected chi connectivity index (χ2v) is 3.92. The summed E-state index contributed by atoms with van der Waals surface area (Å²) in [4.78, 5) is 10.4. The van der Waals surface area contributed by atoms with Gasteiger partial charge in [0.2, 0.25) is 0 Å². The highest BCUT2D eigenvalue weighted by molar-refractivity contribution is 5.73. The van der Waals surface area contributed by atoms with Crippen LogP contribution in [0.3, 0.4) is 0 Å². The van der Waals surface area contributed by atoms with Gasteiger partial charge >= 0.3 is 12.1 Å². The molecule has 0 spiro atoms. The molecule has 3 nitrogen and oxygen atoms in total. The van der Waals surface area contributed by atoms with E-state index >= 15 is 0 Å². The predicted octanol–water partition coefficient (Wildman–Crippen LogP) is 2.33. The van der Waals surface area contributed by atoms with E-state index in [9.17, 15) is 26.7 Å². The lowest BCUT2D eigenvalue weighted by Gasteiger charge is -2.11. The normalized spacial score (nSPS) is 13.4. The number of hydrogen-bond acceptors (Lipinski definition) is 2. The zero-order valence-corrected chi connectivity index (χ0v) is 9.47. The minimum absolute atomic E-state index is 0.0836. The maximum absolute atomic E-state index is 13.2. The van der Waals surface area contributed by atoms with Crippen LogP contribution in [0.2, 0.25) is 0 Å². The van der Waals surface area contributed by atoms with Gasteiger partial charge in [-0.25, -0.2) is 8.78 Å². The van der Waals surface area contributed by atoms with Gasteiger partial charge in [-0.1, -0.05) is 0 Å². The zero-order valence-electron chi connectivity index (χ0n) is 9.47. The van der Waals surface area contributed by atoms with E-state index < -0.39 is 35.4 Å². The molecular weight excluding hydrogens is 273 g/mol. The van der Waals surface area contributed by atoms with Gasteiger partial charge in [-0.3, -0.25) is 4.79 Å². The van der Waals surface area contributed by atoms with E-state index in [1.165, 1.54) is 0 Å². The highest BCUT2D eigenvalue weighted by Gasteiger charge is 2.37. The highest BCUT2D eigenvalue weighted by atomic mass is 19.4. The van der Waals surface area contributed by atoms with Gasteiger partial charge in [-0.15, -0.1) is 0 Å². The minimum Gasteiger partial charge on any atom is -0.480 e. The fourth-order valence-electron chi connectivity index (χ4n) is 1.49. The lowest BCUT2D eigenvalue weighted by Crippen LogP contribution is -2.30. The molecule has 1 atom stereocenters. The molecule has 0 amide bonds. The van der Waals surface area contributed by atoms with Crippen LogP contribution in [0.15, 0.2) is 12.1 Å². The Morgan fingerprint density at radius 2 is 1.74 bits per heavy atom. The third-order valence-corrected chi connectivity index (χ3v) is 2.45.